The van der Waals surface area contributed by atoms with Gasteiger partial charge in [-0.05, 0) is 44.3 Å². The van der Waals surface area contributed by atoms with Gasteiger partial charge < -0.3 is 25.1 Å². The number of furan rings is 1. The van der Waals surface area contributed by atoms with Gasteiger partial charge in [-0.15, -0.1) is 0 Å². The van der Waals surface area contributed by atoms with Crippen LogP contribution < -0.4 is 20.7 Å². The van der Waals surface area contributed by atoms with Crippen LogP contribution in [-0.2, 0) is 4.79 Å². The Bertz CT molecular complexity index is 656. The normalized spacial score (nSPS) is 10.2. The van der Waals surface area contributed by atoms with Crippen LogP contribution in [0.4, 0.5) is 5.69 Å². The van der Waals surface area contributed by atoms with E-state index in [4.69, 9.17) is 9.15 Å². The predicted molar refractivity (Wildman–Crippen MR) is 90.2 cm³/mol. The molecular weight excluding hydrogens is 310 g/mol. The van der Waals surface area contributed by atoms with E-state index in [0.717, 1.165) is 13.0 Å². The predicted octanol–water partition coefficient (Wildman–Crippen LogP) is 1.64. The molecule has 0 aliphatic rings. The fourth-order valence-electron chi connectivity index (χ4n) is 1.96. The van der Waals surface area contributed by atoms with Gasteiger partial charge >= 0.3 is 0 Å². The number of carbonyl (C=O) groups excluding carboxylic acids is 2. The SMILES string of the molecule is CNCCCNC(=O)COc1cccc(NC(=O)c2ccco2)c1. The summed E-state index contributed by atoms with van der Waals surface area (Å²) < 4.78 is 10.5. The Hall–Kier alpha value is -2.80. The molecule has 0 saturated heterocycles. The van der Waals surface area contributed by atoms with Crippen LogP contribution in [-0.4, -0.2) is 38.6 Å². The van der Waals surface area contributed by atoms with Crippen molar-refractivity contribution in [3.63, 3.8) is 0 Å². The Kier molecular flexibility index (Phi) is 6.85. The lowest BCUT2D eigenvalue weighted by molar-refractivity contribution is -0.123. The highest BCUT2D eigenvalue weighted by atomic mass is 16.5. The molecule has 2 aromatic rings. The van der Waals surface area contributed by atoms with Crippen molar-refractivity contribution in [3.8, 4) is 5.75 Å². The molecule has 3 N–H and O–H groups in total. The number of nitrogens with one attached hydrogen (secondary N) is 3. The number of amides is 2. The van der Waals surface area contributed by atoms with Crippen molar-refractivity contribution in [2.45, 2.75) is 6.42 Å². The molecule has 2 amide bonds. The van der Waals surface area contributed by atoms with Gasteiger partial charge in [-0.1, -0.05) is 6.07 Å². The zero-order valence-corrected chi connectivity index (χ0v) is 13.5. The third-order valence-corrected chi connectivity index (χ3v) is 3.13. The van der Waals surface area contributed by atoms with Gasteiger partial charge in [-0.25, -0.2) is 0 Å². The molecule has 0 aliphatic carbocycles. The first-order valence-electron chi connectivity index (χ1n) is 7.68. The third-order valence-electron chi connectivity index (χ3n) is 3.13. The quantitative estimate of drug-likeness (QED) is 0.608. The molecule has 24 heavy (non-hydrogen) atoms. The fraction of sp³-hybridized carbons (Fsp3) is 0.294. The molecule has 0 spiro atoms. The van der Waals surface area contributed by atoms with E-state index in [9.17, 15) is 9.59 Å². The van der Waals surface area contributed by atoms with Gasteiger partial charge in [0.15, 0.2) is 12.4 Å². The molecule has 7 heteroatoms. The molecule has 1 aromatic heterocycles. The summed E-state index contributed by atoms with van der Waals surface area (Å²) in [6.45, 7) is 1.37. The highest BCUT2D eigenvalue weighted by Gasteiger charge is 2.09. The summed E-state index contributed by atoms with van der Waals surface area (Å²) in [5.74, 6) is 0.190. The lowest BCUT2D eigenvalue weighted by Gasteiger charge is -2.09. The molecule has 0 fully saturated rings. The molecule has 2 rings (SSSR count). The van der Waals surface area contributed by atoms with Gasteiger partial charge in [0.25, 0.3) is 11.8 Å². The Balaban J connectivity index is 1.80. The number of carbonyl (C=O) groups is 2. The van der Waals surface area contributed by atoms with Gasteiger partial charge in [0.05, 0.1) is 6.26 Å². The zero-order valence-electron chi connectivity index (χ0n) is 13.5. The van der Waals surface area contributed by atoms with Crippen LogP contribution in [0.5, 0.6) is 5.75 Å². The number of hydrogen-bond acceptors (Lipinski definition) is 5. The van der Waals surface area contributed by atoms with E-state index in [1.807, 2.05) is 7.05 Å². The maximum atomic E-state index is 11.9. The molecule has 0 bridgehead atoms. The Morgan fingerprint density at radius 3 is 2.79 bits per heavy atom. The summed E-state index contributed by atoms with van der Waals surface area (Å²) in [6, 6.07) is 10.0. The molecule has 1 aromatic carbocycles. The topological polar surface area (TPSA) is 92.6 Å². The van der Waals surface area contributed by atoms with Gasteiger partial charge in [0.2, 0.25) is 0 Å². The average Bonchev–Trinajstić information content (AvgIpc) is 3.12. The van der Waals surface area contributed by atoms with E-state index >= 15 is 0 Å². The van der Waals surface area contributed by atoms with Crippen LogP contribution in [0, 0.1) is 0 Å². The van der Waals surface area contributed by atoms with E-state index in [0.29, 0.717) is 18.0 Å². The lowest BCUT2D eigenvalue weighted by atomic mass is 10.3. The number of anilines is 1. The number of rotatable bonds is 9. The van der Waals surface area contributed by atoms with Gasteiger partial charge in [0, 0.05) is 18.3 Å². The first-order chi connectivity index (χ1) is 11.7. The summed E-state index contributed by atoms with van der Waals surface area (Å²) in [7, 11) is 1.86. The largest absolute Gasteiger partial charge is 0.484 e. The van der Waals surface area contributed by atoms with Crippen molar-refractivity contribution < 1.29 is 18.7 Å². The highest BCUT2D eigenvalue weighted by Crippen LogP contribution is 2.18. The van der Waals surface area contributed by atoms with Crippen LogP contribution in [0.15, 0.2) is 47.1 Å². The van der Waals surface area contributed by atoms with Gasteiger partial charge in [-0.2, -0.15) is 0 Å². The Labute approximate surface area is 140 Å². The summed E-state index contributed by atoms with van der Waals surface area (Å²) in [5, 5.41) is 8.47. The number of ether oxygens (including phenoxy) is 1. The van der Waals surface area contributed by atoms with Crippen LogP contribution in [0.3, 0.4) is 0 Å². The number of hydrogen-bond donors (Lipinski definition) is 3. The highest BCUT2D eigenvalue weighted by molar-refractivity contribution is 6.02. The average molecular weight is 331 g/mol. The first kappa shape index (κ1) is 17.6. The van der Waals surface area contributed by atoms with E-state index < -0.39 is 0 Å². The van der Waals surface area contributed by atoms with E-state index in [2.05, 4.69) is 16.0 Å². The smallest absolute Gasteiger partial charge is 0.291 e. The molecule has 128 valence electrons. The fourth-order valence-corrected chi connectivity index (χ4v) is 1.96. The van der Waals surface area contributed by atoms with Gasteiger partial charge in [0.1, 0.15) is 5.75 Å². The lowest BCUT2D eigenvalue weighted by Crippen LogP contribution is -2.30. The second kappa shape index (κ2) is 9.36. The van der Waals surface area contributed by atoms with Crippen LogP contribution >= 0.6 is 0 Å². The molecular formula is C17H21N3O4. The minimum Gasteiger partial charge on any atom is -0.484 e. The van der Waals surface area contributed by atoms with Crippen LogP contribution in [0.25, 0.3) is 0 Å². The zero-order chi connectivity index (χ0) is 17.2. The van der Waals surface area contributed by atoms with E-state index in [1.165, 1.54) is 6.26 Å². The molecule has 1 heterocycles. The van der Waals surface area contributed by atoms with Crippen molar-refractivity contribution in [1.82, 2.24) is 10.6 Å². The summed E-state index contributed by atoms with van der Waals surface area (Å²) >= 11 is 0. The number of benzene rings is 1. The van der Waals surface area contributed by atoms with Crippen molar-refractivity contribution in [1.29, 1.82) is 0 Å². The third kappa shape index (κ3) is 5.77. The van der Waals surface area contributed by atoms with Crippen molar-refractivity contribution >= 4 is 17.5 Å². The second-order valence-corrected chi connectivity index (χ2v) is 5.05. The molecule has 0 radical (unpaired) electrons. The molecule has 0 unspecified atom stereocenters. The minimum absolute atomic E-state index is 0.0743. The second-order valence-electron chi connectivity index (χ2n) is 5.05. The van der Waals surface area contributed by atoms with E-state index in [-0.39, 0.29) is 24.2 Å². The van der Waals surface area contributed by atoms with Crippen molar-refractivity contribution in [3.05, 3.63) is 48.4 Å². The molecule has 0 saturated carbocycles. The van der Waals surface area contributed by atoms with Crippen LogP contribution in [0.1, 0.15) is 17.0 Å². The summed E-state index contributed by atoms with van der Waals surface area (Å²) in [4.78, 5) is 23.6. The molecule has 7 nitrogen and oxygen atoms in total. The van der Waals surface area contributed by atoms with Gasteiger partial charge in [-0.3, -0.25) is 9.59 Å². The van der Waals surface area contributed by atoms with Crippen molar-refractivity contribution in [2.24, 2.45) is 0 Å². The molecule has 0 aliphatic heterocycles. The minimum atomic E-state index is -0.348. The van der Waals surface area contributed by atoms with Crippen molar-refractivity contribution in [2.75, 3.05) is 32.1 Å². The maximum absolute atomic E-state index is 11.9. The van der Waals surface area contributed by atoms with Crippen LogP contribution in [0.2, 0.25) is 0 Å². The maximum Gasteiger partial charge on any atom is 0.291 e. The molecule has 0 atom stereocenters. The Morgan fingerprint density at radius 2 is 2.04 bits per heavy atom. The summed E-state index contributed by atoms with van der Waals surface area (Å²) in [6.07, 6.45) is 2.29. The first-order valence-corrected chi connectivity index (χ1v) is 7.68. The standard InChI is InChI=1S/C17H21N3O4/c1-18-8-4-9-19-16(21)12-24-14-6-2-5-13(11-14)20-17(22)15-7-3-10-23-15/h2-3,5-7,10-11,18H,4,8-9,12H2,1H3,(H,19,21)(H,20,22). The Morgan fingerprint density at radius 1 is 1.17 bits per heavy atom. The summed E-state index contributed by atoms with van der Waals surface area (Å²) in [5.41, 5.74) is 0.559. The van der Waals surface area contributed by atoms with E-state index in [1.54, 1.807) is 36.4 Å². The monoisotopic (exact) mass is 331 g/mol.